The molecule has 1 aliphatic rings. The van der Waals surface area contributed by atoms with Crippen molar-refractivity contribution in [1.82, 2.24) is 15.2 Å². The number of nitrogens with one attached hydrogen (secondary N) is 1. The second-order valence-corrected chi connectivity index (χ2v) is 6.68. The number of carbonyl (C=O) groups is 1. The first-order valence-electron chi connectivity index (χ1n) is 9.04. The van der Waals surface area contributed by atoms with Crippen LogP contribution in [0.25, 0.3) is 0 Å². The van der Waals surface area contributed by atoms with Crippen molar-refractivity contribution in [2.24, 2.45) is 16.6 Å². The number of nitrogens with zero attached hydrogens (tertiary/aromatic N) is 4. The van der Waals surface area contributed by atoms with Crippen LogP contribution in [0.1, 0.15) is 26.7 Å². The quantitative estimate of drug-likeness (QED) is 0.357. The number of pyridine rings is 1. The summed E-state index contributed by atoms with van der Waals surface area (Å²) in [4.78, 5) is 25.0. The normalized spacial score (nSPS) is 15.0. The number of carbonyl (C=O) groups excluding carboxylic acids is 1. The summed E-state index contributed by atoms with van der Waals surface area (Å²) in [6.45, 7) is 8.65. The lowest BCUT2D eigenvalue weighted by Crippen LogP contribution is -2.49. The molecule has 0 atom stereocenters. The molecular formula is C18H31IN6O. The number of anilines is 1. The number of nitrogens with two attached hydrogens (primary N) is 1. The van der Waals surface area contributed by atoms with Crippen LogP contribution in [0, 0.1) is 5.92 Å². The highest BCUT2D eigenvalue weighted by atomic mass is 127. The molecule has 1 aliphatic heterocycles. The number of halogens is 1. The number of aliphatic imine (C=N–C) groups is 1. The predicted molar refractivity (Wildman–Crippen MR) is 117 cm³/mol. The van der Waals surface area contributed by atoms with Gasteiger partial charge >= 0.3 is 0 Å². The fraction of sp³-hybridized carbons (Fsp3) is 0.611. The molecule has 0 aromatic carbocycles. The van der Waals surface area contributed by atoms with Crippen molar-refractivity contribution in [2.45, 2.75) is 26.7 Å². The van der Waals surface area contributed by atoms with E-state index < -0.39 is 0 Å². The Morgan fingerprint density at radius 1 is 1.31 bits per heavy atom. The third-order valence-corrected chi connectivity index (χ3v) is 4.24. The van der Waals surface area contributed by atoms with Crippen LogP contribution in [0.5, 0.6) is 0 Å². The Labute approximate surface area is 173 Å². The molecule has 2 rings (SSSR count). The van der Waals surface area contributed by atoms with Crippen molar-refractivity contribution in [3.05, 3.63) is 24.4 Å². The fourth-order valence-electron chi connectivity index (χ4n) is 2.68. The van der Waals surface area contributed by atoms with E-state index >= 15 is 0 Å². The van der Waals surface area contributed by atoms with Crippen LogP contribution in [0.2, 0.25) is 0 Å². The van der Waals surface area contributed by atoms with Crippen LogP contribution < -0.4 is 16.0 Å². The molecule has 1 saturated heterocycles. The molecule has 1 amide bonds. The van der Waals surface area contributed by atoms with E-state index in [-0.39, 0.29) is 29.9 Å². The molecule has 7 nitrogen and oxygen atoms in total. The summed E-state index contributed by atoms with van der Waals surface area (Å²) in [6, 6.07) is 5.90. The molecule has 0 radical (unpaired) electrons. The Bertz CT molecular complexity index is 558. The Balaban J connectivity index is 0.00000338. The number of piperazine rings is 1. The zero-order chi connectivity index (χ0) is 18.1. The molecule has 2 heterocycles. The summed E-state index contributed by atoms with van der Waals surface area (Å²) in [5, 5.41) is 3.02. The minimum atomic E-state index is 0. The highest BCUT2D eigenvalue weighted by Gasteiger charge is 2.21. The number of hydrogen-bond acceptors (Lipinski definition) is 4. The monoisotopic (exact) mass is 474 g/mol. The highest BCUT2D eigenvalue weighted by molar-refractivity contribution is 14.0. The second-order valence-electron chi connectivity index (χ2n) is 6.68. The summed E-state index contributed by atoms with van der Waals surface area (Å²) in [5.74, 6) is 2.17. The summed E-state index contributed by atoms with van der Waals surface area (Å²) >= 11 is 0. The first-order chi connectivity index (χ1) is 12.1. The molecule has 0 saturated carbocycles. The van der Waals surface area contributed by atoms with Gasteiger partial charge in [-0.1, -0.05) is 19.9 Å². The van der Waals surface area contributed by atoms with Crippen LogP contribution in [-0.2, 0) is 4.79 Å². The van der Waals surface area contributed by atoms with Gasteiger partial charge in [-0.05, 0) is 24.5 Å². The lowest BCUT2D eigenvalue weighted by Gasteiger charge is -2.35. The van der Waals surface area contributed by atoms with Gasteiger partial charge in [0, 0.05) is 51.9 Å². The molecule has 0 aliphatic carbocycles. The van der Waals surface area contributed by atoms with Crippen molar-refractivity contribution in [3.63, 3.8) is 0 Å². The van der Waals surface area contributed by atoms with Crippen molar-refractivity contribution in [3.8, 4) is 0 Å². The van der Waals surface area contributed by atoms with E-state index in [4.69, 9.17) is 5.73 Å². The maximum absolute atomic E-state index is 12.3. The van der Waals surface area contributed by atoms with Crippen LogP contribution in [0.15, 0.2) is 29.4 Å². The average Bonchev–Trinajstić information content (AvgIpc) is 2.62. The van der Waals surface area contributed by atoms with Gasteiger partial charge in [-0.25, -0.2) is 4.98 Å². The topological polar surface area (TPSA) is 86.8 Å². The third-order valence-electron chi connectivity index (χ3n) is 4.24. The third kappa shape index (κ3) is 7.76. The minimum absolute atomic E-state index is 0. The van der Waals surface area contributed by atoms with Gasteiger partial charge in [0.25, 0.3) is 0 Å². The van der Waals surface area contributed by atoms with Gasteiger partial charge in [0.15, 0.2) is 5.96 Å². The van der Waals surface area contributed by atoms with Gasteiger partial charge in [0.2, 0.25) is 5.91 Å². The largest absolute Gasteiger partial charge is 0.370 e. The Morgan fingerprint density at radius 2 is 2.04 bits per heavy atom. The lowest BCUT2D eigenvalue weighted by molar-refractivity contribution is -0.131. The first kappa shape index (κ1) is 22.5. The summed E-state index contributed by atoms with van der Waals surface area (Å²) in [6.07, 6.45) is 3.25. The van der Waals surface area contributed by atoms with Gasteiger partial charge in [-0.2, -0.15) is 0 Å². The maximum Gasteiger partial charge on any atom is 0.224 e. The van der Waals surface area contributed by atoms with E-state index in [9.17, 15) is 4.79 Å². The Morgan fingerprint density at radius 3 is 2.65 bits per heavy atom. The molecule has 3 N–H and O–H groups in total. The maximum atomic E-state index is 12.3. The van der Waals surface area contributed by atoms with Crippen molar-refractivity contribution >= 4 is 41.7 Å². The number of aromatic nitrogens is 1. The van der Waals surface area contributed by atoms with Crippen molar-refractivity contribution < 1.29 is 4.79 Å². The molecular weight excluding hydrogens is 443 g/mol. The van der Waals surface area contributed by atoms with Crippen LogP contribution in [0.3, 0.4) is 0 Å². The Hall–Kier alpha value is -1.58. The molecule has 146 valence electrons. The molecule has 0 bridgehead atoms. The summed E-state index contributed by atoms with van der Waals surface area (Å²) < 4.78 is 0. The van der Waals surface area contributed by atoms with E-state index in [1.165, 1.54) is 0 Å². The van der Waals surface area contributed by atoms with Crippen LogP contribution in [0.4, 0.5) is 5.82 Å². The minimum Gasteiger partial charge on any atom is -0.370 e. The van der Waals surface area contributed by atoms with Gasteiger partial charge in [0.1, 0.15) is 5.82 Å². The van der Waals surface area contributed by atoms with E-state index in [2.05, 4.69) is 34.0 Å². The fourth-order valence-corrected chi connectivity index (χ4v) is 2.68. The highest BCUT2D eigenvalue weighted by Crippen LogP contribution is 2.12. The van der Waals surface area contributed by atoms with E-state index in [1.54, 1.807) is 6.20 Å². The van der Waals surface area contributed by atoms with Gasteiger partial charge in [0.05, 0.1) is 0 Å². The van der Waals surface area contributed by atoms with Crippen LogP contribution >= 0.6 is 24.0 Å². The smallest absolute Gasteiger partial charge is 0.224 e. The molecule has 1 fully saturated rings. The first-order valence-corrected chi connectivity index (χ1v) is 9.04. The Kier molecular flexibility index (Phi) is 10.3. The molecule has 26 heavy (non-hydrogen) atoms. The summed E-state index contributed by atoms with van der Waals surface area (Å²) in [5.41, 5.74) is 5.81. The zero-order valence-corrected chi connectivity index (χ0v) is 18.1. The molecule has 1 aromatic rings. The average molecular weight is 474 g/mol. The number of rotatable bonds is 7. The SMILES string of the molecule is CC(C)CCN=C(N)NCCC(=O)N1CCN(c2ccccn2)CC1.I. The second kappa shape index (κ2) is 11.9. The predicted octanol–water partition coefficient (Wildman–Crippen LogP) is 1.69. The summed E-state index contributed by atoms with van der Waals surface area (Å²) in [7, 11) is 0. The molecule has 1 aromatic heterocycles. The van der Waals surface area contributed by atoms with Crippen LogP contribution in [-0.4, -0.2) is 61.0 Å². The molecule has 0 unspecified atom stereocenters. The van der Waals surface area contributed by atoms with Gasteiger partial charge in [-0.3, -0.25) is 9.79 Å². The van der Waals surface area contributed by atoms with Gasteiger partial charge in [-0.15, -0.1) is 24.0 Å². The number of guanidine groups is 1. The van der Waals surface area contributed by atoms with Crippen molar-refractivity contribution in [1.29, 1.82) is 0 Å². The van der Waals surface area contributed by atoms with E-state index in [1.807, 2.05) is 23.1 Å². The molecule has 8 heteroatoms. The number of amides is 1. The zero-order valence-electron chi connectivity index (χ0n) is 15.7. The van der Waals surface area contributed by atoms with E-state index in [0.29, 0.717) is 24.8 Å². The molecule has 0 spiro atoms. The number of hydrogen-bond donors (Lipinski definition) is 2. The lowest BCUT2D eigenvalue weighted by atomic mass is 10.1. The standard InChI is InChI=1S/C18H30N6O.HI/c1-15(2)6-9-21-18(19)22-10-7-17(25)24-13-11-23(12-14-24)16-5-3-4-8-20-16;/h3-5,8,15H,6-7,9-14H2,1-2H3,(H3,19,21,22);1H. The van der Waals surface area contributed by atoms with Gasteiger partial charge < -0.3 is 20.9 Å². The van der Waals surface area contributed by atoms with E-state index in [0.717, 1.165) is 45.0 Å². The van der Waals surface area contributed by atoms with Crippen molar-refractivity contribution in [2.75, 3.05) is 44.2 Å².